The molecule has 1 aliphatic heterocycles. The first-order valence-corrected chi connectivity index (χ1v) is 7.88. The fraction of sp³-hybridized carbons (Fsp3) is 0.625. The number of nitrogens with zero attached hydrogens (tertiary/aromatic N) is 2. The minimum atomic E-state index is 0.529. The van der Waals surface area contributed by atoms with E-state index in [1.54, 1.807) is 0 Å². The summed E-state index contributed by atoms with van der Waals surface area (Å²) in [6.07, 6.45) is 2.70. The van der Waals surface area contributed by atoms with Crippen LogP contribution in [0.5, 0.6) is 0 Å². The fourth-order valence-electron chi connectivity index (χ4n) is 3.01. The largest absolute Gasteiger partial charge is 0.304 e. The van der Waals surface area contributed by atoms with Crippen LogP contribution < -0.4 is 0 Å². The van der Waals surface area contributed by atoms with Crippen LogP contribution in [0.2, 0.25) is 0 Å². The van der Waals surface area contributed by atoms with Crippen molar-refractivity contribution in [2.75, 3.05) is 39.5 Å². The second-order valence-electron chi connectivity index (χ2n) is 5.79. The molecule has 106 valence electrons. The standard InChI is InChI=1S/C16H26N2S/c1-17(12-16-9-6-10-18(16)2)11-15(13-19)14-7-4-3-5-8-14/h3-5,7-8,15-16,19H,6,9-13H2,1-2H3. The predicted molar refractivity (Wildman–Crippen MR) is 86.2 cm³/mol. The highest BCUT2D eigenvalue weighted by Crippen LogP contribution is 2.20. The van der Waals surface area contributed by atoms with Crippen molar-refractivity contribution >= 4 is 12.6 Å². The van der Waals surface area contributed by atoms with Crippen LogP contribution >= 0.6 is 12.6 Å². The second-order valence-corrected chi connectivity index (χ2v) is 6.15. The van der Waals surface area contributed by atoms with Gasteiger partial charge in [-0.15, -0.1) is 0 Å². The van der Waals surface area contributed by atoms with Crippen molar-refractivity contribution in [1.82, 2.24) is 9.80 Å². The van der Waals surface area contributed by atoms with Gasteiger partial charge in [0, 0.05) is 25.0 Å². The van der Waals surface area contributed by atoms with Crippen molar-refractivity contribution < 1.29 is 0 Å². The van der Waals surface area contributed by atoms with Crippen LogP contribution in [-0.2, 0) is 0 Å². The Bertz CT molecular complexity index is 368. The van der Waals surface area contributed by atoms with Crippen molar-refractivity contribution in [3.05, 3.63) is 35.9 Å². The lowest BCUT2D eigenvalue weighted by molar-refractivity contribution is 0.215. The zero-order valence-electron chi connectivity index (χ0n) is 12.1. The zero-order chi connectivity index (χ0) is 13.7. The summed E-state index contributed by atoms with van der Waals surface area (Å²) in [6, 6.07) is 11.5. The topological polar surface area (TPSA) is 6.48 Å². The molecule has 2 unspecified atom stereocenters. The maximum absolute atomic E-state index is 4.53. The summed E-state index contributed by atoms with van der Waals surface area (Å²) in [5.41, 5.74) is 1.41. The van der Waals surface area contributed by atoms with Gasteiger partial charge in [-0.3, -0.25) is 0 Å². The number of benzene rings is 1. The Kier molecular flexibility index (Phi) is 5.74. The molecule has 2 atom stereocenters. The van der Waals surface area contributed by atoms with E-state index in [4.69, 9.17) is 0 Å². The first-order valence-electron chi connectivity index (χ1n) is 7.25. The molecule has 1 aliphatic rings. The van der Waals surface area contributed by atoms with Crippen LogP contribution in [0.15, 0.2) is 30.3 Å². The highest BCUT2D eigenvalue weighted by atomic mass is 32.1. The van der Waals surface area contributed by atoms with E-state index in [0.29, 0.717) is 5.92 Å². The van der Waals surface area contributed by atoms with Crippen LogP contribution in [0.3, 0.4) is 0 Å². The Morgan fingerprint density at radius 2 is 2.11 bits per heavy atom. The van der Waals surface area contributed by atoms with E-state index in [1.165, 1.54) is 31.5 Å². The summed E-state index contributed by atoms with van der Waals surface area (Å²) in [5.74, 6) is 1.44. The molecule has 1 fully saturated rings. The van der Waals surface area contributed by atoms with E-state index in [0.717, 1.165) is 18.3 Å². The molecule has 1 saturated heterocycles. The SMILES string of the molecule is CN(CC(CS)c1ccccc1)CC1CCCN1C. The average Bonchev–Trinajstić information content (AvgIpc) is 2.82. The van der Waals surface area contributed by atoms with Gasteiger partial charge in [-0.05, 0) is 44.8 Å². The van der Waals surface area contributed by atoms with E-state index in [-0.39, 0.29) is 0 Å². The quantitative estimate of drug-likeness (QED) is 0.799. The third kappa shape index (κ3) is 4.23. The molecular formula is C16H26N2S. The number of hydrogen-bond acceptors (Lipinski definition) is 3. The molecule has 0 aliphatic carbocycles. The molecule has 1 heterocycles. The van der Waals surface area contributed by atoms with Crippen LogP contribution in [0.1, 0.15) is 24.3 Å². The molecule has 0 N–H and O–H groups in total. The van der Waals surface area contributed by atoms with Crippen molar-refractivity contribution in [3.63, 3.8) is 0 Å². The molecule has 0 bridgehead atoms. The Labute approximate surface area is 123 Å². The highest BCUT2D eigenvalue weighted by Gasteiger charge is 2.23. The molecule has 19 heavy (non-hydrogen) atoms. The van der Waals surface area contributed by atoms with Crippen LogP contribution in [0.4, 0.5) is 0 Å². The predicted octanol–water partition coefficient (Wildman–Crippen LogP) is 2.73. The molecule has 2 nitrogen and oxygen atoms in total. The minimum absolute atomic E-state index is 0.529. The molecule has 0 spiro atoms. The summed E-state index contributed by atoms with van der Waals surface area (Å²) >= 11 is 4.53. The molecule has 2 rings (SSSR count). The van der Waals surface area contributed by atoms with Crippen molar-refractivity contribution in [2.24, 2.45) is 0 Å². The van der Waals surface area contributed by atoms with Gasteiger partial charge in [0.05, 0.1) is 0 Å². The maximum Gasteiger partial charge on any atom is 0.0220 e. The Morgan fingerprint density at radius 3 is 2.68 bits per heavy atom. The summed E-state index contributed by atoms with van der Waals surface area (Å²) in [6.45, 7) is 3.53. The van der Waals surface area contributed by atoms with Gasteiger partial charge in [-0.1, -0.05) is 30.3 Å². The lowest BCUT2D eigenvalue weighted by Crippen LogP contribution is -2.38. The number of rotatable bonds is 6. The molecule has 1 aromatic rings. The lowest BCUT2D eigenvalue weighted by atomic mass is 10.0. The monoisotopic (exact) mass is 278 g/mol. The van der Waals surface area contributed by atoms with Gasteiger partial charge in [0.25, 0.3) is 0 Å². The Morgan fingerprint density at radius 1 is 1.37 bits per heavy atom. The number of thiol groups is 1. The van der Waals surface area contributed by atoms with Crippen molar-refractivity contribution in [3.8, 4) is 0 Å². The summed E-state index contributed by atoms with van der Waals surface area (Å²) in [5, 5.41) is 0. The van der Waals surface area contributed by atoms with Gasteiger partial charge in [0.1, 0.15) is 0 Å². The van der Waals surface area contributed by atoms with Crippen LogP contribution in [0, 0.1) is 0 Å². The van der Waals surface area contributed by atoms with Crippen molar-refractivity contribution in [2.45, 2.75) is 24.8 Å². The van der Waals surface area contributed by atoms with Gasteiger partial charge in [-0.25, -0.2) is 0 Å². The van der Waals surface area contributed by atoms with E-state index in [1.807, 2.05) is 0 Å². The fourth-order valence-corrected chi connectivity index (χ4v) is 3.34. The molecule has 0 saturated carbocycles. The lowest BCUT2D eigenvalue weighted by Gasteiger charge is -2.28. The summed E-state index contributed by atoms with van der Waals surface area (Å²) in [7, 11) is 4.49. The number of likely N-dealkylation sites (N-methyl/N-ethyl adjacent to an activating group) is 2. The van der Waals surface area contributed by atoms with E-state index in [9.17, 15) is 0 Å². The zero-order valence-corrected chi connectivity index (χ0v) is 13.0. The maximum atomic E-state index is 4.53. The van der Waals surface area contributed by atoms with Gasteiger partial charge >= 0.3 is 0 Å². The molecule has 1 aromatic carbocycles. The van der Waals surface area contributed by atoms with E-state index >= 15 is 0 Å². The Balaban J connectivity index is 1.87. The van der Waals surface area contributed by atoms with Gasteiger partial charge in [0.2, 0.25) is 0 Å². The van der Waals surface area contributed by atoms with Crippen LogP contribution in [0.25, 0.3) is 0 Å². The Hall–Kier alpha value is -0.510. The molecular weight excluding hydrogens is 252 g/mol. The number of hydrogen-bond donors (Lipinski definition) is 1. The third-order valence-electron chi connectivity index (χ3n) is 4.22. The molecule has 0 amide bonds. The minimum Gasteiger partial charge on any atom is -0.304 e. The van der Waals surface area contributed by atoms with E-state index in [2.05, 4.69) is 66.9 Å². The second kappa shape index (κ2) is 7.32. The summed E-state index contributed by atoms with van der Waals surface area (Å²) in [4.78, 5) is 4.97. The van der Waals surface area contributed by atoms with Crippen LogP contribution in [-0.4, -0.2) is 55.3 Å². The first kappa shape index (κ1) is 14.9. The number of likely N-dealkylation sites (tertiary alicyclic amines) is 1. The first-order chi connectivity index (χ1) is 9.20. The van der Waals surface area contributed by atoms with E-state index < -0.39 is 0 Å². The summed E-state index contributed by atoms with van der Waals surface area (Å²) < 4.78 is 0. The smallest absolute Gasteiger partial charge is 0.0220 e. The average molecular weight is 278 g/mol. The van der Waals surface area contributed by atoms with Gasteiger partial charge < -0.3 is 9.80 Å². The normalized spacial score (nSPS) is 22.0. The van der Waals surface area contributed by atoms with Gasteiger partial charge in [-0.2, -0.15) is 12.6 Å². The van der Waals surface area contributed by atoms with Gasteiger partial charge in [0.15, 0.2) is 0 Å². The molecule has 0 radical (unpaired) electrons. The third-order valence-corrected chi connectivity index (χ3v) is 4.66. The van der Waals surface area contributed by atoms with Crippen molar-refractivity contribution in [1.29, 1.82) is 0 Å². The highest BCUT2D eigenvalue weighted by molar-refractivity contribution is 7.80. The molecule has 3 heteroatoms. The molecule has 0 aromatic heterocycles.